The van der Waals surface area contributed by atoms with E-state index in [9.17, 15) is 8.42 Å². The summed E-state index contributed by atoms with van der Waals surface area (Å²) in [5.74, 6) is 2.72. The third kappa shape index (κ3) is 3.57. The minimum absolute atomic E-state index is 0.0895. The molecule has 3 aromatic rings. The fourth-order valence-electron chi connectivity index (χ4n) is 3.98. The van der Waals surface area contributed by atoms with E-state index in [4.69, 9.17) is 9.47 Å². The standard InChI is InChI=1S/C20H24N6O4S/c1-24(2)19-6-5-18-21-22-20(26(18)23-19)14-7-9-25(10-8-14)31(27,28)15-3-4-16-17(13-15)30-12-11-29-16/h3-6,13-14H,7-12H2,1-2H3. The van der Waals surface area contributed by atoms with Gasteiger partial charge in [0, 0.05) is 39.2 Å². The summed E-state index contributed by atoms with van der Waals surface area (Å²) in [5, 5.41) is 13.2. The number of aromatic nitrogens is 4. The van der Waals surface area contributed by atoms with E-state index >= 15 is 0 Å². The van der Waals surface area contributed by atoms with Crippen LogP contribution >= 0.6 is 0 Å². The Hall–Kier alpha value is -2.92. The first-order valence-electron chi connectivity index (χ1n) is 10.2. The van der Waals surface area contributed by atoms with Gasteiger partial charge >= 0.3 is 0 Å². The predicted octanol–water partition coefficient (Wildman–Crippen LogP) is 1.53. The SMILES string of the molecule is CN(C)c1ccc2nnc(C3CCN(S(=O)(=O)c4ccc5c(c4)OCCO5)CC3)n2n1. The van der Waals surface area contributed by atoms with Gasteiger partial charge in [0.25, 0.3) is 0 Å². The first-order valence-corrected chi connectivity index (χ1v) is 11.7. The summed E-state index contributed by atoms with van der Waals surface area (Å²) in [6, 6.07) is 8.57. The maximum atomic E-state index is 13.2. The second-order valence-electron chi connectivity index (χ2n) is 7.90. The van der Waals surface area contributed by atoms with Crippen LogP contribution in [0.2, 0.25) is 0 Å². The number of piperidine rings is 1. The predicted molar refractivity (Wildman–Crippen MR) is 113 cm³/mol. The summed E-state index contributed by atoms with van der Waals surface area (Å²) < 4.78 is 40.7. The van der Waals surface area contributed by atoms with Crippen LogP contribution in [0, 0.1) is 0 Å². The number of hydrogen-bond acceptors (Lipinski definition) is 8. The van der Waals surface area contributed by atoms with Gasteiger partial charge in [-0.2, -0.15) is 8.82 Å². The highest BCUT2D eigenvalue weighted by Crippen LogP contribution is 2.35. The number of anilines is 1. The molecule has 0 N–H and O–H groups in total. The second-order valence-corrected chi connectivity index (χ2v) is 9.84. The van der Waals surface area contributed by atoms with Crippen LogP contribution < -0.4 is 14.4 Å². The van der Waals surface area contributed by atoms with Crippen molar-refractivity contribution in [1.82, 2.24) is 24.1 Å². The van der Waals surface area contributed by atoms with Gasteiger partial charge < -0.3 is 14.4 Å². The number of sulfonamides is 1. The van der Waals surface area contributed by atoms with E-state index in [-0.39, 0.29) is 10.8 Å². The van der Waals surface area contributed by atoms with Crippen molar-refractivity contribution in [2.75, 3.05) is 45.3 Å². The van der Waals surface area contributed by atoms with Crippen molar-refractivity contribution >= 4 is 21.5 Å². The topological polar surface area (TPSA) is 102 Å². The molecule has 0 aliphatic carbocycles. The van der Waals surface area contributed by atoms with E-state index in [0.29, 0.717) is 56.3 Å². The molecule has 4 heterocycles. The van der Waals surface area contributed by atoms with Crippen molar-refractivity contribution in [3.05, 3.63) is 36.2 Å². The second kappa shape index (κ2) is 7.65. The lowest BCUT2D eigenvalue weighted by atomic mass is 9.97. The minimum Gasteiger partial charge on any atom is -0.486 e. The zero-order valence-electron chi connectivity index (χ0n) is 17.4. The molecule has 0 spiro atoms. The van der Waals surface area contributed by atoms with Crippen molar-refractivity contribution in [2.24, 2.45) is 0 Å². The number of rotatable bonds is 4. The molecular weight excluding hydrogens is 420 g/mol. The zero-order valence-corrected chi connectivity index (χ0v) is 18.2. The third-order valence-corrected chi connectivity index (χ3v) is 7.60. The molecule has 0 unspecified atom stereocenters. The number of fused-ring (bicyclic) bond motifs is 2. The summed E-state index contributed by atoms with van der Waals surface area (Å²) in [5.41, 5.74) is 0.687. The largest absolute Gasteiger partial charge is 0.486 e. The van der Waals surface area contributed by atoms with Crippen LogP contribution in [0.5, 0.6) is 11.5 Å². The average Bonchev–Trinajstić information content (AvgIpc) is 3.22. The summed E-state index contributed by atoms with van der Waals surface area (Å²) in [6.45, 7) is 1.69. The molecule has 2 aliphatic rings. The van der Waals surface area contributed by atoms with Crippen LogP contribution in [-0.4, -0.2) is 72.9 Å². The first kappa shape index (κ1) is 20.0. The molecule has 10 nitrogen and oxygen atoms in total. The van der Waals surface area contributed by atoms with Gasteiger partial charge in [0.1, 0.15) is 19.0 Å². The maximum absolute atomic E-state index is 13.2. The quantitative estimate of drug-likeness (QED) is 0.597. The molecule has 0 bridgehead atoms. The Bertz CT molecular complexity index is 1220. The van der Waals surface area contributed by atoms with Crippen molar-refractivity contribution in [2.45, 2.75) is 23.7 Å². The van der Waals surface area contributed by atoms with Crippen LogP contribution in [-0.2, 0) is 10.0 Å². The molecule has 5 rings (SSSR count). The maximum Gasteiger partial charge on any atom is 0.243 e. The molecule has 164 valence electrons. The minimum atomic E-state index is -3.62. The fourth-order valence-corrected chi connectivity index (χ4v) is 5.46. The Morgan fingerprint density at radius 1 is 1.00 bits per heavy atom. The monoisotopic (exact) mass is 444 g/mol. The van der Waals surface area contributed by atoms with E-state index < -0.39 is 10.0 Å². The summed E-state index contributed by atoms with van der Waals surface area (Å²) in [6.07, 6.45) is 1.30. The van der Waals surface area contributed by atoms with Gasteiger partial charge in [0.15, 0.2) is 23.0 Å². The van der Waals surface area contributed by atoms with Gasteiger partial charge in [0.05, 0.1) is 4.90 Å². The van der Waals surface area contributed by atoms with Gasteiger partial charge in [-0.05, 0) is 37.1 Å². The number of nitrogens with zero attached hydrogens (tertiary/aromatic N) is 6. The number of ether oxygens (including phenoxy) is 2. The summed E-state index contributed by atoms with van der Waals surface area (Å²) >= 11 is 0. The summed E-state index contributed by atoms with van der Waals surface area (Å²) in [7, 11) is 0.244. The molecule has 31 heavy (non-hydrogen) atoms. The molecule has 1 aromatic carbocycles. The van der Waals surface area contributed by atoms with Crippen LogP contribution in [0.4, 0.5) is 5.82 Å². The van der Waals surface area contributed by atoms with E-state index in [1.165, 1.54) is 4.31 Å². The van der Waals surface area contributed by atoms with Gasteiger partial charge in [-0.25, -0.2) is 8.42 Å². The molecule has 1 fully saturated rings. The number of hydrogen-bond donors (Lipinski definition) is 0. The van der Waals surface area contributed by atoms with Crippen molar-refractivity contribution in [3.8, 4) is 11.5 Å². The van der Waals surface area contributed by atoms with E-state index in [2.05, 4.69) is 15.3 Å². The Balaban J connectivity index is 1.34. The Morgan fingerprint density at radius 2 is 1.74 bits per heavy atom. The van der Waals surface area contributed by atoms with Gasteiger partial charge in [-0.15, -0.1) is 15.3 Å². The van der Waals surface area contributed by atoms with Gasteiger partial charge in [-0.3, -0.25) is 0 Å². The van der Waals surface area contributed by atoms with E-state index in [1.807, 2.05) is 31.1 Å². The Labute approximate surface area is 180 Å². The zero-order chi connectivity index (χ0) is 21.6. The average molecular weight is 445 g/mol. The molecule has 1 saturated heterocycles. The highest BCUT2D eigenvalue weighted by Gasteiger charge is 2.32. The van der Waals surface area contributed by atoms with Crippen molar-refractivity contribution in [3.63, 3.8) is 0 Å². The van der Waals surface area contributed by atoms with Crippen LogP contribution in [0.15, 0.2) is 35.2 Å². The highest BCUT2D eigenvalue weighted by atomic mass is 32.2. The lowest BCUT2D eigenvalue weighted by Crippen LogP contribution is -2.38. The molecule has 0 amide bonds. The molecule has 0 atom stereocenters. The summed E-state index contributed by atoms with van der Waals surface area (Å²) in [4.78, 5) is 2.14. The smallest absolute Gasteiger partial charge is 0.243 e. The van der Waals surface area contributed by atoms with Crippen molar-refractivity contribution in [1.29, 1.82) is 0 Å². The Kier molecular flexibility index (Phi) is 4.94. The molecule has 2 aliphatic heterocycles. The lowest BCUT2D eigenvalue weighted by Gasteiger charge is -2.30. The highest BCUT2D eigenvalue weighted by molar-refractivity contribution is 7.89. The molecular formula is C20H24N6O4S. The van der Waals surface area contributed by atoms with Crippen LogP contribution in [0.3, 0.4) is 0 Å². The van der Waals surface area contributed by atoms with Crippen molar-refractivity contribution < 1.29 is 17.9 Å². The molecule has 0 saturated carbocycles. The Morgan fingerprint density at radius 3 is 2.48 bits per heavy atom. The first-order chi connectivity index (χ1) is 14.9. The lowest BCUT2D eigenvalue weighted by molar-refractivity contribution is 0.171. The molecule has 2 aromatic heterocycles. The normalized spacial score (nSPS) is 17.7. The van der Waals surface area contributed by atoms with Gasteiger partial charge in [0.2, 0.25) is 10.0 Å². The fraction of sp³-hybridized carbons (Fsp3) is 0.450. The van der Waals surface area contributed by atoms with Crippen LogP contribution in [0.1, 0.15) is 24.6 Å². The molecule has 0 radical (unpaired) electrons. The number of benzene rings is 1. The third-order valence-electron chi connectivity index (χ3n) is 5.70. The van der Waals surface area contributed by atoms with E-state index in [1.54, 1.807) is 22.7 Å². The van der Waals surface area contributed by atoms with Crippen LogP contribution in [0.25, 0.3) is 5.65 Å². The van der Waals surface area contributed by atoms with E-state index in [0.717, 1.165) is 11.6 Å². The van der Waals surface area contributed by atoms with Gasteiger partial charge in [-0.1, -0.05) is 0 Å². The molecule has 11 heteroatoms.